The van der Waals surface area contributed by atoms with Crippen molar-refractivity contribution in [3.63, 3.8) is 0 Å². The number of para-hydroxylation sites is 1. The molecule has 1 aliphatic heterocycles. The third-order valence-corrected chi connectivity index (χ3v) is 7.57. The zero-order chi connectivity index (χ0) is 23.8. The Bertz CT molecular complexity index is 1210. The van der Waals surface area contributed by atoms with E-state index < -0.39 is 22.3 Å². The summed E-state index contributed by atoms with van der Waals surface area (Å²) in [6.07, 6.45) is -1.16. The highest BCUT2D eigenvalue weighted by atomic mass is 32.2. The van der Waals surface area contributed by atoms with Gasteiger partial charge in [0.1, 0.15) is 6.17 Å². The number of fused-ring (bicyclic) bond motifs is 1. The van der Waals surface area contributed by atoms with E-state index in [-0.39, 0.29) is 10.9 Å². The van der Waals surface area contributed by atoms with Gasteiger partial charge in [-0.2, -0.15) is 4.72 Å². The maximum absolute atomic E-state index is 13.4. The summed E-state index contributed by atoms with van der Waals surface area (Å²) in [5, 5.41) is 10.3. The highest BCUT2D eigenvalue weighted by Crippen LogP contribution is 2.43. The number of nitrogens with one attached hydrogen (secondary N) is 1. The molecule has 3 aromatic carbocycles. The quantitative estimate of drug-likeness (QED) is 0.552. The molecule has 3 unspecified atom stereocenters. The number of benzene rings is 3. The van der Waals surface area contributed by atoms with E-state index in [0.29, 0.717) is 6.54 Å². The molecule has 3 aromatic rings. The molecule has 3 atom stereocenters. The molecule has 0 aromatic heterocycles. The maximum Gasteiger partial charge on any atom is 0.242 e. The molecule has 2 N–H and O–H groups in total. The van der Waals surface area contributed by atoms with Crippen LogP contribution in [0.25, 0.3) is 0 Å². The van der Waals surface area contributed by atoms with Gasteiger partial charge >= 0.3 is 0 Å². The minimum atomic E-state index is -3.78. The number of likely N-dealkylation sites (N-methyl/N-ethyl adjacent to an activating group) is 1. The Morgan fingerprint density at radius 3 is 2.15 bits per heavy atom. The average molecular weight is 466 g/mol. The van der Waals surface area contributed by atoms with Crippen LogP contribution in [0.5, 0.6) is 0 Å². The fourth-order valence-electron chi connectivity index (χ4n) is 4.42. The summed E-state index contributed by atoms with van der Waals surface area (Å²) in [4.78, 5) is 4.29. The van der Waals surface area contributed by atoms with Crippen LogP contribution in [-0.2, 0) is 10.0 Å². The van der Waals surface area contributed by atoms with Crippen molar-refractivity contribution in [2.75, 3.05) is 23.4 Å². The number of sulfonamides is 1. The molecule has 0 aliphatic carbocycles. The van der Waals surface area contributed by atoms with E-state index in [9.17, 15) is 13.5 Å². The number of aliphatic hydroxyl groups excluding tert-OH is 1. The first-order valence-electron chi connectivity index (χ1n) is 11.1. The third kappa shape index (κ3) is 4.76. The van der Waals surface area contributed by atoms with Gasteiger partial charge in [-0.05, 0) is 51.1 Å². The Balaban J connectivity index is 1.79. The summed E-state index contributed by atoms with van der Waals surface area (Å²) in [5.74, 6) is 0. The van der Waals surface area contributed by atoms with Gasteiger partial charge < -0.3 is 14.9 Å². The van der Waals surface area contributed by atoms with E-state index in [4.69, 9.17) is 0 Å². The van der Waals surface area contributed by atoms with Gasteiger partial charge in [-0.15, -0.1) is 0 Å². The molecule has 174 valence electrons. The van der Waals surface area contributed by atoms with Crippen LogP contribution in [0.1, 0.15) is 29.7 Å². The topological polar surface area (TPSA) is 72.9 Å². The summed E-state index contributed by atoms with van der Waals surface area (Å²) in [6, 6.07) is 22.6. The largest absolute Gasteiger partial charge is 0.392 e. The van der Waals surface area contributed by atoms with Crippen molar-refractivity contribution >= 4 is 21.4 Å². The third-order valence-electron chi connectivity index (χ3n) is 6.12. The van der Waals surface area contributed by atoms with Crippen molar-refractivity contribution in [2.24, 2.45) is 0 Å². The molecule has 0 bridgehead atoms. The van der Waals surface area contributed by atoms with E-state index >= 15 is 0 Å². The predicted octanol–water partition coefficient (Wildman–Crippen LogP) is 3.99. The van der Waals surface area contributed by atoms with Crippen LogP contribution < -0.4 is 14.5 Å². The lowest BCUT2D eigenvalue weighted by Crippen LogP contribution is -2.52. The molecule has 0 spiro atoms. The first-order chi connectivity index (χ1) is 15.7. The SMILES string of the molecule is Cc1ccc(N(CC(C)O)C2c3ccccc3N(C)C2NS(=O)(=O)c2ccc(C)cc2)cc1. The molecular formula is C26H31N3O3S. The minimum absolute atomic E-state index is 0.230. The molecule has 0 radical (unpaired) electrons. The highest BCUT2D eigenvalue weighted by Gasteiger charge is 2.42. The molecule has 1 aliphatic rings. The van der Waals surface area contributed by atoms with Crippen LogP contribution in [0.4, 0.5) is 11.4 Å². The molecule has 4 rings (SSSR count). The maximum atomic E-state index is 13.4. The van der Waals surface area contributed by atoms with Gasteiger partial charge in [0.15, 0.2) is 0 Å². The van der Waals surface area contributed by atoms with Crippen LogP contribution in [0.2, 0.25) is 0 Å². The number of hydrogen-bond acceptors (Lipinski definition) is 5. The number of aliphatic hydroxyl groups is 1. The number of nitrogens with zero attached hydrogens (tertiary/aromatic N) is 2. The summed E-state index contributed by atoms with van der Waals surface area (Å²) < 4.78 is 29.7. The molecule has 0 amide bonds. The minimum Gasteiger partial charge on any atom is -0.392 e. The van der Waals surface area contributed by atoms with E-state index in [2.05, 4.69) is 9.62 Å². The molecule has 0 saturated carbocycles. The molecule has 33 heavy (non-hydrogen) atoms. The number of hydrogen-bond donors (Lipinski definition) is 2. The Labute approximate surface area is 196 Å². The Morgan fingerprint density at radius 2 is 1.55 bits per heavy atom. The predicted molar refractivity (Wildman–Crippen MR) is 133 cm³/mol. The Kier molecular flexibility index (Phi) is 6.47. The second kappa shape index (κ2) is 9.17. The normalized spacial score (nSPS) is 18.8. The van der Waals surface area contributed by atoms with Gasteiger partial charge in [0.05, 0.1) is 17.0 Å². The first-order valence-corrected chi connectivity index (χ1v) is 12.6. The van der Waals surface area contributed by atoms with E-state index in [1.807, 2.05) is 74.3 Å². The molecule has 6 nitrogen and oxygen atoms in total. The highest BCUT2D eigenvalue weighted by molar-refractivity contribution is 7.89. The van der Waals surface area contributed by atoms with Crippen LogP contribution in [0.3, 0.4) is 0 Å². The van der Waals surface area contributed by atoms with Gasteiger partial charge in [0.2, 0.25) is 10.0 Å². The van der Waals surface area contributed by atoms with Gasteiger partial charge in [0, 0.05) is 30.5 Å². The number of aryl methyl sites for hydroxylation is 2. The molecule has 0 saturated heterocycles. The fourth-order valence-corrected chi connectivity index (χ4v) is 5.65. The summed E-state index contributed by atoms with van der Waals surface area (Å²) >= 11 is 0. The van der Waals surface area contributed by atoms with Crippen molar-refractivity contribution in [1.82, 2.24) is 4.72 Å². The lowest BCUT2D eigenvalue weighted by Gasteiger charge is -2.37. The van der Waals surface area contributed by atoms with Crippen molar-refractivity contribution in [3.05, 3.63) is 89.5 Å². The monoisotopic (exact) mass is 465 g/mol. The zero-order valence-corrected chi connectivity index (χ0v) is 20.3. The summed E-state index contributed by atoms with van der Waals surface area (Å²) in [6.45, 7) is 6.06. The van der Waals surface area contributed by atoms with Crippen LogP contribution in [0.15, 0.2) is 77.7 Å². The van der Waals surface area contributed by atoms with E-state index in [0.717, 1.165) is 28.1 Å². The lowest BCUT2D eigenvalue weighted by molar-refractivity contribution is 0.195. The summed E-state index contributed by atoms with van der Waals surface area (Å²) in [7, 11) is -1.88. The van der Waals surface area contributed by atoms with Gasteiger partial charge in [-0.3, -0.25) is 0 Å². The fraction of sp³-hybridized carbons (Fsp3) is 0.308. The van der Waals surface area contributed by atoms with Crippen molar-refractivity contribution in [3.8, 4) is 0 Å². The number of rotatable bonds is 7. The summed E-state index contributed by atoms with van der Waals surface area (Å²) in [5.41, 5.74) is 5.03. The molecule has 1 heterocycles. The molecule has 0 fully saturated rings. The lowest BCUT2D eigenvalue weighted by atomic mass is 10.0. The first kappa shape index (κ1) is 23.3. The second-order valence-corrected chi connectivity index (χ2v) is 10.5. The second-order valence-electron chi connectivity index (χ2n) is 8.83. The van der Waals surface area contributed by atoms with Gasteiger partial charge in [0.25, 0.3) is 0 Å². The van der Waals surface area contributed by atoms with Gasteiger partial charge in [-0.1, -0.05) is 53.6 Å². The van der Waals surface area contributed by atoms with Crippen LogP contribution in [0, 0.1) is 13.8 Å². The number of anilines is 2. The van der Waals surface area contributed by atoms with Gasteiger partial charge in [-0.25, -0.2) is 8.42 Å². The average Bonchev–Trinajstić information content (AvgIpc) is 3.04. The molecule has 7 heteroatoms. The smallest absolute Gasteiger partial charge is 0.242 e. The van der Waals surface area contributed by atoms with Crippen molar-refractivity contribution in [2.45, 2.75) is 44.0 Å². The van der Waals surface area contributed by atoms with E-state index in [1.165, 1.54) is 0 Å². The Hall–Kier alpha value is -2.87. The van der Waals surface area contributed by atoms with Crippen molar-refractivity contribution in [1.29, 1.82) is 0 Å². The Morgan fingerprint density at radius 1 is 0.970 bits per heavy atom. The van der Waals surface area contributed by atoms with Crippen LogP contribution >= 0.6 is 0 Å². The molecular weight excluding hydrogens is 434 g/mol. The standard InChI is InChI=1S/C26H31N3O3S/c1-18-9-13-21(14-10-18)29(17-20(3)30)25-23-7-5-6-8-24(23)28(4)26(25)27-33(31,32)22-15-11-19(2)12-16-22/h5-16,20,25-27,30H,17H2,1-4H3. The zero-order valence-electron chi connectivity index (χ0n) is 19.4. The van der Waals surface area contributed by atoms with E-state index in [1.54, 1.807) is 31.2 Å². The van der Waals surface area contributed by atoms with Crippen molar-refractivity contribution < 1.29 is 13.5 Å². The van der Waals surface area contributed by atoms with Crippen LogP contribution in [-0.4, -0.2) is 39.4 Å².